The van der Waals surface area contributed by atoms with Crippen LogP contribution in [0.3, 0.4) is 0 Å². The Bertz CT molecular complexity index is 534. The number of hydrogen-bond donors (Lipinski definition) is 1. The van der Waals surface area contributed by atoms with Crippen molar-refractivity contribution in [3.05, 3.63) is 34.7 Å². The zero-order chi connectivity index (χ0) is 13.8. The van der Waals surface area contributed by atoms with Crippen LogP contribution in [-0.4, -0.2) is 39.0 Å². The van der Waals surface area contributed by atoms with Gasteiger partial charge in [-0.2, -0.15) is 0 Å². The fourth-order valence-corrected chi connectivity index (χ4v) is 3.13. The number of nitrogens with zero attached hydrogens (tertiary/aromatic N) is 4. The van der Waals surface area contributed by atoms with Gasteiger partial charge < -0.3 is 5.32 Å². The van der Waals surface area contributed by atoms with Crippen LogP contribution >= 0.6 is 11.3 Å². The second-order valence-electron chi connectivity index (χ2n) is 5.15. The lowest BCUT2D eigenvalue weighted by Gasteiger charge is -2.32. The number of likely N-dealkylation sites (tertiary alicyclic amines) is 1. The van der Waals surface area contributed by atoms with E-state index in [0.717, 1.165) is 43.3 Å². The summed E-state index contributed by atoms with van der Waals surface area (Å²) in [5.41, 5.74) is 1.20. The smallest absolute Gasteiger partial charge is 0.129 e. The summed E-state index contributed by atoms with van der Waals surface area (Å²) in [5, 5.41) is 6.80. The minimum Gasteiger partial charge on any atom is -0.367 e. The summed E-state index contributed by atoms with van der Waals surface area (Å²) in [5.74, 6) is 0.925. The maximum Gasteiger partial charge on any atom is 0.129 e. The molecular formula is C14H19N5S. The van der Waals surface area contributed by atoms with Gasteiger partial charge in [0.2, 0.25) is 0 Å². The van der Waals surface area contributed by atoms with Crippen LogP contribution in [0.15, 0.2) is 24.0 Å². The van der Waals surface area contributed by atoms with Crippen molar-refractivity contribution in [3.8, 4) is 0 Å². The van der Waals surface area contributed by atoms with E-state index in [4.69, 9.17) is 0 Å². The largest absolute Gasteiger partial charge is 0.367 e. The standard InChI is InChI=1S/C14H19N5S/c1-11-17-13(9-20-11)8-19-6-3-12(4-7-19)18-14-2-5-15-10-16-14/h2,5,9-10,12H,3-4,6-8H2,1H3,(H,15,16,18). The third-order valence-electron chi connectivity index (χ3n) is 3.57. The van der Waals surface area contributed by atoms with Crippen molar-refractivity contribution < 1.29 is 0 Å². The number of thiazole rings is 1. The highest BCUT2D eigenvalue weighted by Gasteiger charge is 2.19. The molecule has 5 nitrogen and oxygen atoms in total. The molecular weight excluding hydrogens is 270 g/mol. The molecule has 0 aliphatic carbocycles. The van der Waals surface area contributed by atoms with Gasteiger partial charge in [0, 0.05) is 37.3 Å². The van der Waals surface area contributed by atoms with Crippen LogP contribution in [0.4, 0.5) is 5.82 Å². The molecule has 0 spiro atoms. The number of nitrogens with one attached hydrogen (secondary N) is 1. The Kier molecular flexibility index (Phi) is 4.22. The van der Waals surface area contributed by atoms with E-state index in [9.17, 15) is 0 Å². The molecule has 3 rings (SSSR count). The summed E-state index contributed by atoms with van der Waals surface area (Å²) in [6.07, 6.45) is 5.65. The molecule has 0 aromatic carbocycles. The molecule has 2 aromatic rings. The van der Waals surface area contributed by atoms with Crippen LogP contribution in [0.2, 0.25) is 0 Å². The topological polar surface area (TPSA) is 53.9 Å². The van der Waals surface area contributed by atoms with Gasteiger partial charge >= 0.3 is 0 Å². The van der Waals surface area contributed by atoms with Crippen molar-refractivity contribution in [2.24, 2.45) is 0 Å². The minimum absolute atomic E-state index is 0.512. The number of anilines is 1. The van der Waals surface area contributed by atoms with E-state index in [1.165, 1.54) is 5.69 Å². The quantitative estimate of drug-likeness (QED) is 0.936. The fraction of sp³-hybridized carbons (Fsp3) is 0.500. The van der Waals surface area contributed by atoms with Gasteiger partial charge in [-0.05, 0) is 25.8 Å². The number of piperidine rings is 1. The van der Waals surface area contributed by atoms with Crippen LogP contribution in [0.25, 0.3) is 0 Å². The van der Waals surface area contributed by atoms with Gasteiger partial charge in [0.1, 0.15) is 12.1 Å². The molecule has 6 heteroatoms. The van der Waals surface area contributed by atoms with Crippen molar-refractivity contribution >= 4 is 17.2 Å². The Hall–Kier alpha value is -1.53. The molecule has 0 radical (unpaired) electrons. The maximum absolute atomic E-state index is 4.54. The summed E-state index contributed by atoms with van der Waals surface area (Å²) >= 11 is 1.73. The zero-order valence-electron chi connectivity index (χ0n) is 11.6. The van der Waals surface area contributed by atoms with Crippen LogP contribution in [0, 0.1) is 6.92 Å². The van der Waals surface area contributed by atoms with Crippen LogP contribution in [-0.2, 0) is 6.54 Å². The summed E-state index contributed by atoms with van der Waals surface area (Å²) < 4.78 is 0. The Morgan fingerprint density at radius 3 is 2.90 bits per heavy atom. The number of rotatable bonds is 4. The first-order chi connectivity index (χ1) is 9.79. The highest BCUT2D eigenvalue weighted by molar-refractivity contribution is 7.09. The zero-order valence-corrected chi connectivity index (χ0v) is 12.4. The maximum atomic E-state index is 4.54. The third kappa shape index (κ3) is 3.52. The highest BCUT2D eigenvalue weighted by Crippen LogP contribution is 2.17. The predicted octanol–water partition coefficient (Wildman–Crippen LogP) is 2.32. The SMILES string of the molecule is Cc1nc(CN2CCC(Nc3ccncn3)CC2)cs1. The lowest BCUT2D eigenvalue weighted by molar-refractivity contribution is 0.209. The fourth-order valence-electron chi connectivity index (χ4n) is 2.53. The molecule has 2 aromatic heterocycles. The number of hydrogen-bond acceptors (Lipinski definition) is 6. The first-order valence-corrected chi connectivity index (χ1v) is 7.83. The number of aromatic nitrogens is 3. The molecule has 1 N–H and O–H groups in total. The molecule has 1 aliphatic heterocycles. The van der Waals surface area contributed by atoms with Crippen molar-refractivity contribution in [3.63, 3.8) is 0 Å². The van der Waals surface area contributed by atoms with Gasteiger partial charge in [-0.1, -0.05) is 0 Å². The third-order valence-corrected chi connectivity index (χ3v) is 4.40. The molecule has 1 aliphatic rings. The van der Waals surface area contributed by atoms with Gasteiger partial charge in [0.05, 0.1) is 10.7 Å². The molecule has 3 heterocycles. The van der Waals surface area contributed by atoms with E-state index >= 15 is 0 Å². The average molecular weight is 289 g/mol. The van der Waals surface area contributed by atoms with Crippen LogP contribution < -0.4 is 5.32 Å². The Morgan fingerprint density at radius 2 is 2.25 bits per heavy atom. The van der Waals surface area contributed by atoms with Crippen molar-refractivity contribution in [1.29, 1.82) is 0 Å². The minimum atomic E-state index is 0.512. The van der Waals surface area contributed by atoms with E-state index in [0.29, 0.717) is 6.04 Å². The monoisotopic (exact) mass is 289 g/mol. The molecule has 0 atom stereocenters. The Morgan fingerprint density at radius 1 is 1.40 bits per heavy atom. The van der Waals surface area contributed by atoms with E-state index in [1.54, 1.807) is 23.9 Å². The van der Waals surface area contributed by atoms with Crippen molar-refractivity contribution in [2.45, 2.75) is 32.4 Å². The molecule has 1 saturated heterocycles. The molecule has 0 amide bonds. The summed E-state index contributed by atoms with van der Waals surface area (Å²) in [6, 6.07) is 2.43. The van der Waals surface area contributed by atoms with Crippen LogP contribution in [0.1, 0.15) is 23.5 Å². The first-order valence-electron chi connectivity index (χ1n) is 6.95. The van der Waals surface area contributed by atoms with Gasteiger partial charge in [-0.25, -0.2) is 15.0 Å². The first kappa shape index (κ1) is 13.5. The Balaban J connectivity index is 1.47. The molecule has 1 fully saturated rings. The molecule has 20 heavy (non-hydrogen) atoms. The predicted molar refractivity (Wildman–Crippen MR) is 80.8 cm³/mol. The van der Waals surface area contributed by atoms with Crippen molar-refractivity contribution in [1.82, 2.24) is 19.9 Å². The molecule has 0 unspecified atom stereocenters. The van der Waals surface area contributed by atoms with E-state index in [-0.39, 0.29) is 0 Å². The second-order valence-corrected chi connectivity index (χ2v) is 6.21. The second kappa shape index (κ2) is 6.28. The summed E-state index contributed by atoms with van der Waals surface area (Å²) in [6.45, 7) is 5.26. The van der Waals surface area contributed by atoms with Gasteiger partial charge in [0.15, 0.2) is 0 Å². The Labute approximate surface area is 123 Å². The normalized spacial score (nSPS) is 17.2. The van der Waals surface area contributed by atoms with E-state index in [1.807, 2.05) is 6.07 Å². The molecule has 106 valence electrons. The van der Waals surface area contributed by atoms with Crippen LogP contribution in [0.5, 0.6) is 0 Å². The van der Waals surface area contributed by atoms with E-state index < -0.39 is 0 Å². The van der Waals surface area contributed by atoms with Gasteiger partial charge in [0.25, 0.3) is 0 Å². The lowest BCUT2D eigenvalue weighted by Crippen LogP contribution is -2.38. The van der Waals surface area contributed by atoms with Crippen molar-refractivity contribution in [2.75, 3.05) is 18.4 Å². The number of aryl methyl sites for hydroxylation is 1. The molecule has 0 saturated carbocycles. The summed E-state index contributed by atoms with van der Waals surface area (Å²) in [7, 11) is 0. The summed E-state index contributed by atoms with van der Waals surface area (Å²) in [4.78, 5) is 15.2. The van der Waals surface area contributed by atoms with Gasteiger partial charge in [-0.15, -0.1) is 11.3 Å². The van der Waals surface area contributed by atoms with Gasteiger partial charge in [-0.3, -0.25) is 4.90 Å². The lowest BCUT2D eigenvalue weighted by atomic mass is 10.0. The van der Waals surface area contributed by atoms with E-state index in [2.05, 4.69) is 37.5 Å². The molecule has 0 bridgehead atoms. The average Bonchev–Trinajstić information content (AvgIpc) is 2.88. The highest BCUT2D eigenvalue weighted by atomic mass is 32.1.